The number of hydrogen-bond acceptors (Lipinski definition) is 2. The van der Waals surface area contributed by atoms with Crippen molar-refractivity contribution in [2.45, 2.75) is 32.1 Å². The van der Waals surface area contributed by atoms with E-state index in [0.717, 1.165) is 31.2 Å². The minimum absolute atomic E-state index is 0.201. The van der Waals surface area contributed by atoms with Crippen molar-refractivity contribution in [2.75, 3.05) is 0 Å². The maximum absolute atomic E-state index is 11.4. The van der Waals surface area contributed by atoms with Gasteiger partial charge in [0.05, 0.1) is 0 Å². The molecule has 0 unspecified atom stereocenters. The fourth-order valence-corrected chi connectivity index (χ4v) is 1.76. The van der Waals surface area contributed by atoms with Gasteiger partial charge in [0.15, 0.2) is 0 Å². The largest absolute Gasteiger partial charge is 0.508 e. The number of amides is 1. The highest BCUT2D eigenvalue weighted by Crippen LogP contribution is 2.16. The van der Waals surface area contributed by atoms with Gasteiger partial charge in [-0.2, -0.15) is 0 Å². The number of terminal acetylenes is 1. The molecule has 0 aliphatic carbocycles. The van der Waals surface area contributed by atoms with E-state index in [9.17, 15) is 9.90 Å². The Morgan fingerprint density at radius 2 is 1.95 bits per heavy atom. The Hall–Kier alpha value is -2.21. The van der Waals surface area contributed by atoms with E-state index in [1.165, 1.54) is 0 Å². The van der Waals surface area contributed by atoms with Crippen LogP contribution in [0, 0.1) is 12.3 Å². The molecule has 3 nitrogen and oxygen atoms in total. The van der Waals surface area contributed by atoms with E-state index in [0.29, 0.717) is 12.0 Å². The van der Waals surface area contributed by atoms with Crippen molar-refractivity contribution in [1.29, 1.82) is 0 Å². The Bertz CT molecular complexity index is 480. The summed E-state index contributed by atoms with van der Waals surface area (Å²) in [6.07, 6.45) is 11.2. The summed E-state index contributed by atoms with van der Waals surface area (Å²) in [5.41, 5.74) is 6.83. The van der Waals surface area contributed by atoms with Gasteiger partial charge in [-0.15, -0.1) is 12.3 Å². The van der Waals surface area contributed by atoms with Crippen molar-refractivity contribution in [3.05, 3.63) is 35.4 Å². The summed E-state index contributed by atoms with van der Waals surface area (Å²) in [5.74, 6) is 2.40. The molecular weight excluding hydrogens is 238 g/mol. The summed E-state index contributed by atoms with van der Waals surface area (Å²) in [7, 11) is 0. The molecular formula is C16H19NO2. The van der Waals surface area contributed by atoms with Crippen molar-refractivity contribution in [3.8, 4) is 18.1 Å². The first-order chi connectivity index (χ1) is 9.13. The van der Waals surface area contributed by atoms with Crippen molar-refractivity contribution in [1.82, 2.24) is 0 Å². The molecule has 1 aromatic carbocycles. The van der Waals surface area contributed by atoms with Crippen molar-refractivity contribution in [3.63, 3.8) is 0 Å². The van der Waals surface area contributed by atoms with Crippen LogP contribution in [0.2, 0.25) is 0 Å². The van der Waals surface area contributed by atoms with Gasteiger partial charge in [-0.3, -0.25) is 4.79 Å². The molecule has 1 amide bonds. The topological polar surface area (TPSA) is 63.3 Å². The normalized spacial score (nSPS) is 11.0. The molecule has 100 valence electrons. The highest BCUT2D eigenvalue weighted by Gasteiger charge is 2.05. The van der Waals surface area contributed by atoms with E-state index < -0.39 is 5.91 Å². The molecule has 1 rings (SSSR count). The number of nitrogens with two attached hydrogens (primary N) is 1. The number of benzene rings is 1. The summed E-state index contributed by atoms with van der Waals surface area (Å²) >= 11 is 0. The van der Waals surface area contributed by atoms with Gasteiger partial charge in [0.25, 0.3) is 0 Å². The Kier molecular flexibility index (Phi) is 6.25. The van der Waals surface area contributed by atoms with Gasteiger partial charge in [0.2, 0.25) is 5.91 Å². The van der Waals surface area contributed by atoms with E-state index in [1.54, 1.807) is 30.3 Å². The van der Waals surface area contributed by atoms with E-state index in [4.69, 9.17) is 12.2 Å². The molecule has 3 heteroatoms. The Labute approximate surface area is 114 Å². The highest BCUT2D eigenvalue weighted by atomic mass is 16.3. The van der Waals surface area contributed by atoms with Crippen LogP contribution in [0.1, 0.15) is 37.7 Å². The number of primary amides is 1. The lowest BCUT2D eigenvalue weighted by Crippen LogP contribution is -2.13. The number of phenolic OH excluding ortho intramolecular Hbond substituents is 1. The molecule has 0 aliphatic heterocycles. The molecule has 3 N–H and O–H groups in total. The predicted octanol–water partition coefficient (Wildman–Crippen LogP) is 2.84. The Morgan fingerprint density at radius 3 is 2.53 bits per heavy atom. The van der Waals surface area contributed by atoms with Crippen molar-refractivity contribution >= 4 is 12.0 Å². The molecule has 0 heterocycles. The van der Waals surface area contributed by atoms with Crippen molar-refractivity contribution < 1.29 is 9.90 Å². The summed E-state index contributed by atoms with van der Waals surface area (Å²) in [4.78, 5) is 11.4. The van der Waals surface area contributed by atoms with Gasteiger partial charge in [-0.1, -0.05) is 18.6 Å². The number of rotatable bonds is 7. The standard InChI is InChI=1S/C16H19NO2/c1-2-3-4-5-6-7-14(16(17)19)12-13-8-10-15(18)11-9-13/h1,8-12,18H,3-7H2,(H2,17,19). The Balaban J connectivity index is 2.59. The third-order valence-electron chi connectivity index (χ3n) is 2.82. The minimum atomic E-state index is -0.398. The first kappa shape index (κ1) is 14.8. The maximum atomic E-state index is 11.4. The van der Waals surface area contributed by atoms with E-state index in [2.05, 4.69) is 5.92 Å². The molecule has 0 spiro atoms. The average Bonchev–Trinajstić information content (AvgIpc) is 2.39. The van der Waals surface area contributed by atoms with E-state index >= 15 is 0 Å². The minimum Gasteiger partial charge on any atom is -0.508 e. The smallest absolute Gasteiger partial charge is 0.244 e. The monoisotopic (exact) mass is 257 g/mol. The summed E-state index contributed by atoms with van der Waals surface area (Å²) < 4.78 is 0. The molecule has 0 radical (unpaired) electrons. The first-order valence-corrected chi connectivity index (χ1v) is 6.36. The number of aromatic hydroxyl groups is 1. The quantitative estimate of drug-likeness (QED) is 0.448. The molecule has 0 saturated carbocycles. The lowest BCUT2D eigenvalue weighted by molar-refractivity contribution is -0.114. The second kappa shape index (κ2) is 7.99. The number of hydrogen-bond donors (Lipinski definition) is 2. The molecule has 0 bridgehead atoms. The molecule has 0 fully saturated rings. The lowest BCUT2D eigenvalue weighted by atomic mass is 10.0. The van der Waals surface area contributed by atoms with Crippen molar-refractivity contribution in [2.24, 2.45) is 5.73 Å². The molecule has 0 atom stereocenters. The van der Waals surface area contributed by atoms with Crippen LogP contribution in [0.5, 0.6) is 5.75 Å². The van der Waals surface area contributed by atoms with E-state index in [-0.39, 0.29) is 5.75 Å². The van der Waals surface area contributed by atoms with Crippen LogP contribution in [0.15, 0.2) is 29.8 Å². The highest BCUT2D eigenvalue weighted by molar-refractivity contribution is 5.96. The fraction of sp³-hybridized carbons (Fsp3) is 0.312. The van der Waals surface area contributed by atoms with Crippen LogP contribution in [0.4, 0.5) is 0 Å². The predicted molar refractivity (Wildman–Crippen MR) is 77.2 cm³/mol. The van der Waals surface area contributed by atoms with Crippen LogP contribution in [0.3, 0.4) is 0 Å². The second-order valence-electron chi connectivity index (χ2n) is 4.39. The molecule has 0 aliphatic rings. The zero-order valence-corrected chi connectivity index (χ0v) is 10.9. The van der Waals surface area contributed by atoms with Crippen LogP contribution < -0.4 is 5.73 Å². The number of carbonyl (C=O) groups is 1. The zero-order valence-electron chi connectivity index (χ0n) is 10.9. The summed E-state index contributed by atoms with van der Waals surface area (Å²) in [5, 5.41) is 9.20. The van der Waals surface area contributed by atoms with Gasteiger partial charge in [0, 0.05) is 12.0 Å². The number of unbranched alkanes of at least 4 members (excludes halogenated alkanes) is 3. The van der Waals surface area contributed by atoms with Gasteiger partial charge < -0.3 is 10.8 Å². The van der Waals surface area contributed by atoms with Crippen LogP contribution in [0.25, 0.3) is 6.08 Å². The van der Waals surface area contributed by atoms with Gasteiger partial charge in [-0.05, 0) is 43.0 Å². The third kappa shape index (κ3) is 5.78. The van der Waals surface area contributed by atoms with Gasteiger partial charge in [0.1, 0.15) is 5.75 Å². The molecule has 19 heavy (non-hydrogen) atoms. The maximum Gasteiger partial charge on any atom is 0.244 e. The van der Waals surface area contributed by atoms with Crippen LogP contribution >= 0.6 is 0 Å². The molecule has 1 aromatic rings. The lowest BCUT2D eigenvalue weighted by Gasteiger charge is -2.04. The zero-order chi connectivity index (χ0) is 14.1. The van der Waals surface area contributed by atoms with Crippen LogP contribution in [-0.2, 0) is 4.79 Å². The van der Waals surface area contributed by atoms with Gasteiger partial charge >= 0.3 is 0 Å². The van der Waals surface area contributed by atoms with Crippen LogP contribution in [-0.4, -0.2) is 11.0 Å². The third-order valence-corrected chi connectivity index (χ3v) is 2.82. The van der Waals surface area contributed by atoms with Gasteiger partial charge in [-0.25, -0.2) is 0 Å². The molecule has 0 aromatic heterocycles. The fourth-order valence-electron chi connectivity index (χ4n) is 1.76. The SMILES string of the molecule is C#CCCCCCC(=Cc1ccc(O)cc1)C(N)=O. The summed E-state index contributed by atoms with van der Waals surface area (Å²) in [6.45, 7) is 0. The average molecular weight is 257 g/mol. The number of carbonyl (C=O) groups excluding carboxylic acids is 1. The van der Waals surface area contributed by atoms with E-state index in [1.807, 2.05) is 0 Å². The second-order valence-corrected chi connectivity index (χ2v) is 4.39. The Morgan fingerprint density at radius 1 is 1.26 bits per heavy atom. The number of phenols is 1. The molecule has 0 saturated heterocycles. The first-order valence-electron chi connectivity index (χ1n) is 6.36. The summed E-state index contributed by atoms with van der Waals surface area (Å²) in [6, 6.07) is 6.65.